The van der Waals surface area contributed by atoms with Crippen LogP contribution in [0.3, 0.4) is 0 Å². The summed E-state index contributed by atoms with van der Waals surface area (Å²) >= 11 is 0. The molecule has 0 saturated heterocycles. The highest BCUT2D eigenvalue weighted by Crippen LogP contribution is 2.25. The Morgan fingerprint density at radius 2 is 1.67 bits per heavy atom. The number of ketones is 1. The maximum absolute atomic E-state index is 11.9. The van der Waals surface area contributed by atoms with Gasteiger partial charge in [-0.2, -0.15) is 0 Å². The van der Waals surface area contributed by atoms with Crippen molar-refractivity contribution in [1.82, 2.24) is 0 Å². The summed E-state index contributed by atoms with van der Waals surface area (Å²) in [5.41, 5.74) is 2.16. The summed E-state index contributed by atoms with van der Waals surface area (Å²) in [5, 5.41) is 2.46. The first-order valence-electron chi connectivity index (χ1n) is 6.56. The molecular weight excluding hydrogens is 220 g/mol. The van der Waals surface area contributed by atoms with Crippen LogP contribution in [-0.2, 0) is 4.79 Å². The van der Waals surface area contributed by atoms with E-state index in [1.165, 1.54) is 16.3 Å². The Balaban J connectivity index is 2.09. The number of benzene rings is 2. The van der Waals surface area contributed by atoms with Crippen LogP contribution in [0.15, 0.2) is 48.0 Å². The van der Waals surface area contributed by atoms with E-state index in [1.54, 1.807) is 0 Å². The number of hydrogen-bond donors (Lipinski definition) is 0. The average Bonchev–Trinajstić information content (AvgIpc) is 2.42. The zero-order valence-corrected chi connectivity index (χ0v) is 10.4. The minimum atomic E-state index is 0.328. The van der Waals surface area contributed by atoms with Crippen LogP contribution >= 0.6 is 0 Å². The molecule has 0 spiro atoms. The Morgan fingerprint density at radius 1 is 0.889 bits per heavy atom. The molecule has 2 aromatic carbocycles. The molecule has 0 aliphatic heterocycles. The van der Waals surface area contributed by atoms with Gasteiger partial charge >= 0.3 is 0 Å². The SMILES string of the molecule is O=C1CCCC/C1=C\c1cccc2ccccc12. The van der Waals surface area contributed by atoms with Crippen LogP contribution in [0.1, 0.15) is 31.2 Å². The third-order valence-electron chi connectivity index (χ3n) is 3.61. The topological polar surface area (TPSA) is 17.1 Å². The van der Waals surface area contributed by atoms with Gasteiger partial charge in [0.2, 0.25) is 0 Å². The third-order valence-corrected chi connectivity index (χ3v) is 3.61. The number of carbonyl (C=O) groups is 1. The molecule has 1 aliphatic carbocycles. The first kappa shape index (κ1) is 11.2. The van der Waals surface area contributed by atoms with Gasteiger partial charge in [-0.15, -0.1) is 0 Å². The van der Waals surface area contributed by atoms with E-state index < -0.39 is 0 Å². The lowest BCUT2D eigenvalue weighted by Crippen LogP contribution is -2.07. The smallest absolute Gasteiger partial charge is 0.158 e. The summed E-state index contributed by atoms with van der Waals surface area (Å²) in [6.45, 7) is 0. The Hall–Kier alpha value is -1.89. The fourth-order valence-electron chi connectivity index (χ4n) is 2.62. The van der Waals surface area contributed by atoms with Crippen LogP contribution in [0.4, 0.5) is 0 Å². The average molecular weight is 236 g/mol. The highest BCUT2D eigenvalue weighted by atomic mass is 16.1. The Kier molecular flexibility index (Phi) is 2.97. The Bertz CT molecular complexity index is 617. The number of allylic oxidation sites excluding steroid dienone is 1. The van der Waals surface area contributed by atoms with Crippen molar-refractivity contribution >= 4 is 22.6 Å². The minimum absolute atomic E-state index is 0.328. The fraction of sp³-hybridized carbons (Fsp3) is 0.235. The predicted octanol–water partition coefficient (Wildman–Crippen LogP) is 4.37. The number of hydrogen-bond acceptors (Lipinski definition) is 1. The number of rotatable bonds is 1. The van der Waals surface area contributed by atoms with Gasteiger partial charge in [-0.25, -0.2) is 0 Å². The van der Waals surface area contributed by atoms with Crippen LogP contribution < -0.4 is 0 Å². The molecule has 0 bridgehead atoms. The molecule has 0 N–H and O–H groups in total. The van der Waals surface area contributed by atoms with Crippen molar-refractivity contribution in [3.05, 3.63) is 53.6 Å². The molecule has 1 fully saturated rings. The second-order valence-corrected chi connectivity index (χ2v) is 4.87. The summed E-state index contributed by atoms with van der Waals surface area (Å²) < 4.78 is 0. The van der Waals surface area contributed by atoms with Crippen LogP contribution in [-0.4, -0.2) is 5.78 Å². The van der Waals surface area contributed by atoms with Crippen molar-refractivity contribution in [2.24, 2.45) is 0 Å². The van der Waals surface area contributed by atoms with E-state index in [-0.39, 0.29) is 0 Å². The third kappa shape index (κ3) is 2.08. The lowest BCUT2D eigenvalue weighted by Gasteiger charge is -2.13. The predicted molar refractivity (Wildman–Crippen MR) is 75.4 cm³/mol. The van der Waals surface area contributed by atoms with E-state index in [4.69, 9.17) is 0 Å². The van der Waals surface area contributed by atoms with E-state index in [0.717, 1.165) is 31.3 Å². The van der Waals surface area contributed by atoms with Crippen LogP contribution in [0.5, 0.6) is 0 Å². The van der Waals surface area contributed by atoms with Gasteiger partial charge in [-0.05, 0) is 47.2 Å². The largest absolute Gasteiger partial charge is 0.295 e. The highest BCUT2D eigenvalue weighted by molar-refractivity contribution is 6.02. The van der Waals surface area contributed by atoms with Crippen molar-refractivity contribution in [1.29, 1.82) is 0 Å². The molecule has 3 rings (SSSR count). The first-order valence-corrected chi connectivity index (χ1v) is 6.56. The van der Waals surface area contributed by atoms with Gasteiger partial charge in [0.25, 0.3) is 0 Å². The second kappa shape index (κ2) is 4.77. The van der Waals surface area contributed by atoms with E-state index in [0.29, 0.717) is 5.78 Å². The molecule has 18 heavy (non-hydrogen) atoms. The zero-order valence-electron chi connectivity index (χ0n) is 10.4. The van der Waals surface area contributed by atoms with Crippen molar-refractivity contribution in [3.63, 3.8) is 0 Å². The van der Waals surface area contributed by atoms with Crippen molar-refractivity contribution in [3.8, 4) is 0 Å². The Morgan fingerprint density at radius 3 is 2.56 bits per heavy atom. The van der Waals surface area contributed by atoms with Crippen molar-refractivity contribution in [2.45, 2.75) is 25.7 Å². The highest BCUT2D eigenvalue weighted by Gasteiger charge is 2.14. The molecular formula is C17H16O. The van der Waals surface area contributed by atoms with Gasteiger partial charge < -0.3 is 0 Å². The quantitative estimate of drug-likeness (QED) is 0.672. The standard InChI is InChI=1S/C17H16O/c18-17-11-4-2-7-15(17)12-14-9-5-8-13-6-1-3-10-16(13)14/h1,3,5-6,8-10,12H,2,4,7,11H2/b15-12+. The van der Waals surface area contributed by atoms with Crippen LogP contribution in [0, 0.1) is 0 Å². The molecule has 2 aromatic rings. The van der Waals surface area contributed by atoms with Gasteiger partial charge in [-0.3, -0.25) is 4.79 Å². The lowest BCUT2D eigenvalue weighted by molar-refractivity contribution is -0.116. The molecule has 1 aliphatic rings. The van der Waals surface area contributed by atoms with E-state index >= 15 is 0 Å². The maximum Gasteiger partial charge on any atom is 0.158 e. The fourth-order valence-corrected chi connectivity index (χ4v) is 2.62. The van der Waals surface area contributed by atoms with Crippen molar-refractivity contribution in [2.75, 3.05) is 0 Å². The molecule has 1 nitrogen and oxygen atoms in total. The monoisotopic (exact) mass is 236 g/mol. The summed E-state index contributed by atoms with van der Waals surface area (Å²) in [7, 11) is 0. The molecule has 0 atom stereocenters. The molecule has 0 heterocycles. The molecule has 0 radical (unpaired) electrons. The van der Waals surface area contributed by atoms with E-state index in [2.05, 4.69) is 36.4 Å². The normalized spacial score (nSPS) is 18.4. The lowest BCUT2D eigenvalue weighted by atomic mass is 9.91. The number of fused-ring (bicyclic) bond motifs is 1. The van der Waals surface area contributed by atoms with Crippen molar-refractivity contribution < 1.29 is 4.79 Å². The van der Waals surface area contributed by atoms with Gasteiger partial charge in [0.1, 0.15) is 0 Å². The summed E-state index contributed by atoms with van der Waals surface area (Å²) in [6.07, 6.45) is 5.93. The van der Waals surface area contributed by atoms with Gasteiger partial charge in [0, 0.05) is 6.42 Å². The van der Waals surface area contributed by atoms with Gasteiger partial charge in [-0.1, -0.05) is 42.5 Å². The number of carbonyl (C=O) groups excluding carboxylic acids is 1. The Labute approximate surface area is 107 Å². The minimum Gasteiger partial charge on any atom is -0.295 e. The van der Waals surface area contributed by atoms with E-state index in [1.807, 2.05) is 12.1 Å². The summed E-state index contributed by atoms with van der Waals surface area (Å²) in [5.74, 6) is 0.328. The van der Waals surface area contributed by atoms with Gasteiger partial charge in [0.05, 0.1) is 0 Å². The zero-order chi connectivity index (χ0) is 12.4. The second-order valence-electron chi connectivity index (χ2n) is 4.87. The molecule has 90 valence electrons. The molecule has 0 unspecified atom stereocenters. The summed E-state index contributed by atoms with van der Waals surface area (Å²) in [6, 6.07) is 14.6. The molecule has 1 heteroatoms. The van der Waals surface area contributed by atoms with Crippen LogP contribution in [0.25, 0.3) is 16.8 Å². The van der Waals surface area contributed by atoms with Crippen LogP contribution in [0.2, 0.25) is 0 Å². The molecule has 0 aromatic heterocycles. The number of Topliss-reactive ketones (excluding diaryl/α,β-unsaturated/α-hetero) is 1. The summed E-state index contributed by atoms with van der Waals surface area (Å²) in [4.78, 5) is 11.9. The molecule has 0 amide bonds. The maximum atomic E-state index is 11.9. The van der Waals surface area contributed by atoms with E-state index in [9.17, 15) is 4.79 Å². The molecule has 1 saturated carbocycles. The van der Waals surface area contributed by atoms with Gasteiger partial charge in [0.15, 0.2) is 5.78 Å². The first-order chi connectivity index (χ1) is 8.84.